The molecule has 1 aromatic heterocycles. The fourth-order valence-corrected chi connectivity index (χ4v) is 2.86. The highest BCUT2D eigenvalue weighted by Crippen LogP contribution is 2.37. The minimum absolute atomic E-state index is 0.0487. The molecule has 3 heteroatoms. The zero-order valence-electron chi connectivity index (χ0n) is 9.57. The van der Waals surface area contributed by atoms with E-state index in [9.17, 15) is 4.79 Å². The first-order chi connectivity index (χ1) is 7.20. The monoisotopic (exact) mass is 208 g/mol. The first-order valence-electron chi connectivity index (χ1n) is 5.95. The number of rotatable bonds is 2. The van der Waals surface area contributed by atoms with Gasteiger partial charge in [-0.1, -0.05) is 26.7 Å². The summed E-state index contributed by atoms with van der Waals surface area (Å²) in [6.45, 7) is 4.53. The summed E-state index contributed by atoms with van der Waals surface area (Å²) < 4.78 is 1.89. The molecule has 84 valence electrons. The largest absolute Gasteiger partial charge is 0.325 e. The average molecular weight is 208 g/mol. The van der Waals surface area contributed by atoms with Gasteiger partial charge in [0.25, 0.3) is 0 Å². The number of hydrogen-bond donors (Lipinski definition) is 1. The van der Waals surface area contributed by atoms with Crippen LogP contribution in [0.4, 0.5) is 0 Å². The first kappa shape index (κ1) is 10.5. The predicted octanol–water partition coefficient (Wildman–Crippen LogP) is 2.56. The van der Waals surface area contributed by atoms with Gasteiger partial charge >= 0.3 is 5.69 Å². The summed E-state index contributed by atoms with van der Waals surface area (Å²) in [7, 11) is 0. The van der Waals surface area contributed by atoms with Crippen molar-refractivity contribution in [2.75, 3.05) is 0 Å². The van der Waals surface area contributed by atoms with E-state index in [0.717, 1.165) is 6.42 Å². The minimum atomic E-state index is 0.0487. The molecule has 1 aromatic rings. The summed E-state index contributed by atoms with van der Waals surface area (Å²) in [5.41, 5.74) is 0.0487. The van der Waals surface area contributed by atoms with E-state index in [1.165, 1.54) is 19.3 Å². The van der Waals surface area contributed by atoms with Gasteiger partial charge in [-0.15, -0.1) is 0 Å². The summed E-state index contributed by atoms with van der Waals surface area (Å²) in [6, 6.07) is 0.414. The van der Waals surface area contributed by atoms with Gasteiger partial charge in [-0.25, -0.2) is 4.79 Å². The molecule has 2 unspecified atom stereocenters. The summed E-state index contributed by atoms with van der Waals surface area (Å²) in [6.07, 6.45) is 8.63. The Balaban J connectivity index is 2.25. The number of nitrogens with one attached hydrogen (secondary N) is 1. The third kappa shape index (κ3) is 2.01. The summed E-state index contributed by atoms with van der Waals surface area (Å²) in [4.78, 5) is 14.3. The van der Waals surface area contributed by atoms with Gasteiger partial charge in [-0.2, -0.15) is 0 Å². The molecule has 0 bridgehead atoms. The van der Waals surface area contributed by atoms with Crippen molar-refractivity contribution < 1.29 is 0 Å². The highest BCUT2D eigenvalue weighted by molar-refractivity contribution is 4.88. The number of aromatic nitrogens is 2. The Hall–Kier alpha value is -0.990. The highest BCUT2D eigenvalue weighted by Gasteiger charge is 2.29. The van der Waals surface area contributed by atoms with E-state index in [4.69, 9.17) is 0 Å². The van der Waals surface area contributed by atoms with Crippen LogP contribution in [-0.4, -0.2) is 9.55 Å². The number of H-pyrrole nitrogens is 1. The predicted molar refractivity (Wildman–Crippen MR) is 60.9 cm³/mol. The van der Waals surface area contributed by atoms with Crippen molar-refractivity contribution in [2.24, 2.45) is 11.8 Å². The molecule has 0 radical (unpaired) electrons. The topological polar surface area (TPSA) is 37.8 Å². The van der Waals surface area contributed by atoms with E-state index in [-0.39, 0.29) is 5.69 Å². The summed E-state index contributed by atoms with van der Waals surface area (Å²) in [5, 5.41) is 0. The molecule has 0 saturated heterocycles. The smallest absolute Gasteiger partial charge is 0.313 e. The van der Waals surface area contributed by atoms with Crippen molar-refractivity contribution in [2.45, 2.75) is 45.6 Å². The maximum atomic E-state index is 11.6. The fraction of sp³-hybridized carbons (Fsp3) is 0.750. The lowest BCUT2D eigenvalue weighted by molar-refractivity contribution is 0.181. The second-order valence-corrected chi connectivity index (χ2v) is 4.93. The molecule has 2 rings (SSSR count). The van der Waals surface area contributed by atoms with Crippen LogP contribution < -0.4 is 5.69 Å². The number of nitrogens with zero attached hydrogens (tertiary/aromatic N) is 1. The molecule has 1 fully saturated rings. The first-order valence-corrected chi connectivity index (χ1v) is 5.95. The molecule has 15 heavy (non-hydrogen) atoms. The van der Waals surface area contributed by atoms with Gasteiger partial charge in [-0.05, 0) is 24.7 Å². The van der Waals surface area contributed by atoms with Crippen molar-refractivity contribution in [3.63, 3.8) is 0 Å². The molecule has 1 aliphatic rings. The van der Waals surface area contributed by atoms with Crippen LogP contribution in [0.5, 0.6) is 0 Å². The lowest BCUT2D eigenvalue weighted by Crippen LogP contribution is -2.32. The molecule has 1 heterocycles. The van der Waals surface area contributed by atoms with Crippen molar-refractivity contribution in [1.29, 1.82) is 0 Å². The maximum Gasteiger partial charge on any atom is 0.325 e. The van der Waals surface area contributed by atoms with E-state index >= 15 is 0 Å². The van der Waals surface area contributed by atoms with Crippen LogP contribution >= 0.6 is 0 Å². The Kier molecular flexibility index (Phi) is 2.98. The van der Waals surface area contributed by atoms with Crippen molar-refractivity contribution in [3.05, 3.63) is 22.9 Å². The van der Waals surface area contributed by atoms with Gasteiger partial charge in [0.2, 0.25) is 0 Å². The lowest BCUT2D eigenvalue weighted by Gasteiger charge is -2.34. The molecule has 1 N–H and O–H groups in total. The molecule has 2 atom stereocenters. The standard InChI is InChI=1S/C12H20N2O/c1-9(2)10-5-3-4-6-11(10)14-8-7-13-12(14)15/h7-11H,3-6H2,1-2H3,(H,13,15). The van der Waals surface area contributed by atoms with Crippen LogP contribution in [0.25, 0.3) is 0 Å². The van der Waals surface area contributed by atoms with Gasteiger partial charge in [0.05, 0.1) is 0 Å². The van der Waals surface area contributed by atoms with Crippen LogP contribution in [-0.2, 0) is 0 Å². The van der Waals surface area contributed by atoms with Crippen LogP contribution in [0.3, 0.4) is 0 Å². The van der Waals surface area contributed by atoms with Gasteiger partial charge in [0, 0.05) is 18.4 Å². The average Bonchev–Trinajstić information content (AvgIpc) is 2.64. The Morgan fingerprint density at radius 1 is 1.40 bits per heavy atom. The van der Waals surface area contributed by atoms with E-state index in [1.807, 2.05) is 10.8 Å². The third-order valence-electron chi connectivity index (χ3n) is 3.67. The number of hydrogen-bond acceptors (Lipinski definition) is 1. The van der Waals surface area contributed by atoms with E-state index in [2.05, 4.69) is 18.8 Å². The molecule has 3 nitrogen and oxygen atoms in total. The van der Waals surface area contributed by atoms with Crippen molar-refractivity contribution in [3.8, 4) is 0 Å². The Labute approximate surface area is 90.5 Å². The molecule has 0 amide bonds. The molecule has 1 saturated carbocycles. The van der Waals surface area contributed by atoms with E-state index in [1.54, 1.807) is 6.20 Å². The van der Waals surface area contributed by atoms with Gasteiger partial charge in [-0.3, -0.25) is 4.57 Å². The van der Waals surface area contributed by atoms with Gasteiger partial charge in [0.15, 0.2) is 0 Å². The SMILES string of the molecule is CC(C)C1CCCCC1n1cc[nH]c1=O. The Morgan fingerprint density at radius 3 is 2.73 bits per heavy atom. The lowest BCUT2D eigenvalue weighted by atomic mass is 9.78. The zero-order valence-corrected chi connectivity index (χ0v) is 9.57. The van der Waals surface area contributed by atoms with Gasteiger partial charge in [0.1, 0.15) is 0 Å². The summed E-state index contributed by atoms with van der Waals surface area (Å²) in [5.74, 6) is 1.32. The van der Waals surface area contributed by atoms with Crippen molar-refractivity contribution in [1.82, 2.24) is 9.55 Å². The zero-order chi connectivity index (χ0) is 10.8. The van der Waals surface area contributed by atoms with E-state index in [0.29, 0.717) is 17.9 Å². The normalized spacial score (nSPS) is 27.1. The Morgan fingerprint density at radius 2 is 2.13 bits per heavy atom. The number of aromatic amines is 1. The quantitative estimate of drug-likeness (QED) is 0.797. The molecule has 0 spiro atoms. The molecule has 1 aliphatic carbocycles. The molecular formula is C12H20N2O. The highest BCUT2D eigenvalue weighted by atomic mass is 16.1. The second-order valence-electron chi connectivity index (χ2n) is 4.93. The Bertz CT molecular complexity index is 364. The fourth-order valence-electron chi connectivity index (χ4n) is 2.86. The second kappa shape index (κ2) is 4.25. The van der Waals surface area contributed by atoms with Gasteiger partial charge < -0.3 is 4.98 Å². The maximum absolute atomic E-state index is 11.6. The van der Waals surface area contributed by atoms with Crippen LogP contribution in [0.15, 0.2) is 17.2 Å². The van der Waals surface area contributed by atoms with Crippen LogP contribution in [0.1, 0.15) is 45.6 Å². The van der Waals surface area contributed by atoms with E-state index < -0.39 is 0 Å². The van der Waals surface area contributed by atoms with Crippen LogP contribution in [0, 0.1) is 11.8 Å². The number of imidazole rings is 1. The summed E-state index contributed by atoms with van der Waals surface area (Å²) >= 11 is 0. The minimum Gasteiger partial charge on any atom is -0.313 e. The molecular weight excluding hydrogens is 188 g/mol. The molecule has 0 aliphatic heterocycles. The van der Waals surface area contributed by atoms with Crippen molar-refractivity contribution >= 4 is 0 Å². The molecule has 0 aromatic carbocycles. The third-order valence-corrected chi connectivity index (χ3v) is 3.67. The van der Waals surface area contributed by atoms with Crippen LogP contribution in [0.2, 0.25) is 0 Å².